The van der Waals surface area contributed by atoms with Gasteiger partial charge in [-0.15, -0.1) is 0 Å². The van der Waals surface area contributed by atoms with Gasteiger partial charge in [-0.25, -0.2) is 10.3 Å². The minimum absolute atomic E-state index is 0.00695. The molecule has 60 heavy (non-hydrogen) atoms. The number of aliphatic imine (C=N–C) groups is 1. The average Bonchev–Trinajstić information content (AvgIpc) is 3.75. The third-order valence-corrected chi connectivity index (χ3v) is 11.1. The molecule has 0 aromatic carbocycles. The molecule has 24 heteroatoms. The lowest BCUT2D eigenvalue weighted by atomic mass is 9.92. The highest BCUT2D eigenvalue weighted by molar-refractivity contribution is 8.00. The first-order valence-corrected chi connectivity index (χ1v) is 21.2. The van der Waals surface area contributed by atoms with Crippen molar-refractivity contribution in [3.63, 3.8) is 0 Å². The number of thioether (sulfide) groups is 1. The Hall–Kier alpha value is -5.39. The van der Waals surface area contributed by atoms with Gasteiger partial charge in [0.05, 0.1) is 31.7 Å². The molecule has 2 saturated heterocycles. The van der Waals surface area contributed by atoms with Crippen LogP contribution >= 0.6 is 11.8 Å². The van der Waals surface area contributed by atoms with Crippen LogP contribution in [0.15, 0.2) is 4.99 Å². The van der Waals surface area contributed by atoms with E-state index in [9.17, 15) is 43.2 Å². The van der Waals surface area contributed by atoms with Crippen molar-refractivity contribution in [2.45, 2.75) is 114 Å². The Kier molecular flexibility index (Phi) is 23.2. The number of nitrogens with zero attached hydrogens (tertiary/aromatic N) is 1. The fraction of sp³-hybridized carbons (Fsp3) is 0.722. The number of hydroxylamine groups is 1. The maximum atomic E-state index is 13.1. The van der Waals surface area contributed by atoms with E-state index in [-0.39, 0.29) is 74.5 Å². The number of amides is 10. The highest BCUT2D eigenvalue weighted by Gasteiger charge is 2.42. The van der Waals surface area contributed by atoms with Crippen LogP contribution < -0.4 is 65.2 Å². The third kappa shape index (κ3) is 20.5. The van der Waals surface area contributed by atoms with Crippen molar-refractivity contribution in [3.8, 4) is 0 Å². The lowest BCUT2D eigenvalue weighted by Crippen LogP contribution is -2.51. The summed E-state index contributed by atoms with van der Waals surface area (Å²) in [5.41, 5.74) is 17.6. The summed E-state index contributed by atoms with van der Waals surface area (Å²) in [7, 11) is 0. The topological polar surface area (TPSA) is 373 Å². The van der Waals surface area contributed by atoms with Gasteiger partial charge in [0.15, 0.2) is 5.96 Å². The Morgan fingerprint density at radius 3 is 2.08 bits per heavy atom. The van der Waals surface area contributed by atoms with Crippen LogP contribution in [0.4, 0.5) is 4.79 Å². The van der Waals surface area contributed by atoms with Crippen LogP contribution in [0.5, 0.6) is 0 Å². The summed E-state index contributed by atoms with van der Waals surface area (Å²) in [5.74, 6) is -5.29. The van der Waals surface area contributed by atoms with Crippen molar-refractivity contribution < 1.29 is 48.4 Å². The predicted molar refractivity (Wildman–Crippen MR) is 220 cm³/mol. The summed E-state index contributed by atoms with van der Waals surface area (Å²) in [6.07, 6.45) is 4.40. The Balaban J connectivity index is 1.67. The molecule has 2 fully saturated rings. The molecular weight excluding hydrogens is 807 g/mol. The van der Waals surface area contributed by atoms with Crippen LogP contribution in [-0.4, -0.2) is 132 Å². The smallest absolute Gasteiger partial charge is 0.315 e. The van der Waals surface area contributed by atoms with Crippen molar-refractivity contribution in [3.05, 3.63) is 0 Å². The molecule has 6 atom stereocenters. The second-order valence-electron chi connectivity index (χ2n) is 15.1. The molecule has 2 rings (SSSR count). The lowest BCUT2D eigenvalue weighted by Gasteiger charge is -2.23. The maximum Gasteiger partial charge on any atom is 0.315 e. The minimum Gasteiger partial charge on any atom is -0.370 e. The van der Waals surface area contributed by atoms with E-state index in [4.69, 9.17) is 22.4 Å². The number of carbonyl (C=O) groups is 9. The van der Waals surface area contributed by atoms with Crippen LogP contribution in [0.1, 0.15) is 84.5 Å². The molecule has 338 valence electrons. The van der Waals surface area contributed by atoms with Crippen LogP contribution in [0.2, 0.25) is 0 Å². The van der Waals surface area contributed by atoms with E-state index in [1.54, 1.807) is 0 Å². The van der Waals surface area contributed by atoms with Gasteiger partial charge in [-0.2, -0.15) is 11.8 Å². The molecule has 0 aromatic heterocycles. The first kappa shape index (κ1) is 50.8. The van der Waals surface area contributed by atoms with Gasteiger partial charge in [0, 0.05) is 42.9 Å². The highest BCUT2D eigenvalue weighted by atomic mass is 32.2. The first-order chi connectivity index (χ1) is 28.5. The summed E-state index contributed by atoms with van der Waals surface area (Å²) in [5, 5.41) is 30.0. The molecule has 0 radical (unpaired) electrons. The van der Waals surface area contributed by atoms with E-state index in [0.29, 0.717) is 31.1 Å². The molecule has 10 amide bonds. The molecule has 16 N–H and O–H groups in total. The molecule has 0 aromatic rings. The van der Waals surface area contributed by atoms with Gasteiger partial charge in [0.2, 0.25) is 47.3 Å². The number of urea groups is 1. The van der Waals surface area contributed by atoms with Crippen molar-refractivity contribution >= 4 is 71.0 Å². The molecule has 2 aliphatic heterocycles. The van der Waals surface area contributed by atoms with Crippen molar-refractivity contribution in [2.24, 2.45) is 34.0 Å². The van der Waals surface area contributed by atoms with Crippen molar-refractivity contribution in [1.82, 2.24) is 48.0 Å². The summed E-state index contributed by atoms with van der Waals surface area (Å²) < 4.78 is 0. The number of hydrogen-bond donors (Lipinski definition) is 13. The van der Waals surface area contributed by atoms with Gasteiger partial charge < -0.3 is 59.7 Å². The van der Waals surface area contributed by atoms with Gasteiger partial charge in [-0.1, -0.05) is 20.3 Å². The fourth-order valence-electron chi connectivity index (χ4n) is 6.55. The molecule has 23 nitrogen and oxygen atoms in total. The molecule has 1 unspecified atom stereocenters. The number of hydrogen-bond acceptors (Lipinski definition) is 12. The predicted octanol–water partition coefficient (Wildman–Crippen LogP) is -3.59. The summed E-state index contributed by atoms with van der Waals surface area (Å²) in [6, 6.07) is -1.97. The van der Waals surface area contributed by atoms with Crippen molar-refractivity contribution in [1.29, 1.82) is 0 Å². The Morgan fingerprint density at radius 2 is 1.43 bits per heavy atom. The standard InChI is InChI=1S/C36H63N13O10S/c1-20(2)14-21(15-27(51)49-59)33(56)46-23(9-7-13-41-35(38)39)34(57)44-17-29(53)42-16-28(52)43-18-30(54)45-22(32(37)55)8-5-6-12-40-26(50)11-4-3-10-25-31-24(19-60-25)47-36(58)48-31/h20-25,31,59H,3-19H2,1-2H3,(H2,37,55)(H,40,50)(H,42,53)(H,43,52)(H,44,57)(H,45,54)(H,46,56)(H,49,51)(H4,38,39,41)(H2,47,48,58)/t21?,22-,23-,24-,25-,31-/m0/s1. The van der Waals surface area contributed by atoms with E-state index in [1.807, 2.05) is 25.6 Å². The molecule has 0 aliphatic carbocycles. The van der Waals surface area contributed by atoms with Gasteiger partial charge >= 0.3 is 6.03 Å². The number of guanidine groups is 1. The van der Waals surface area contributed by atoms with E-state index in [0.717, 1.165) is 25.0 Å². The zero-order valence-corrected chi connectivity index (χ0v) is 35.1. The molecule has 2 aliphatic rings. The molecule has 0 spiro atoms. The Morgan fingerprint density at radius 1 is 0.767 bits per heavy atom. The average molecular weight is 870 g/mol. The van der Waals surface area contributed by atoms with E-state index >= 15 is 0 Å². The molecule has 0 saturated carbocycles. The second-order valence-corrected chi connectivity index (χ2v) is 16.4. The third-order valence-electron chi connectivity index (χ3n) is 9.58. The minimum atomic E-state index is -1.14. The van der Waals surface area contributed by atoms with E-state index in [2.05, 4.69) is 47.5 Å². The number of nitrogens with two attached hydrogens (primary N) is 3. The SMILES string of the molecule is CC(C)CC(CC(=O)NO)C(=O)N[C@@H](CCCN=C(N)N)C(=O)NCC(=O)NCC(=O)NCC(=O)N[C@@H](CCCCNC(=O)CCCC[C@@H]1SC[C@@H]2NC(=O)N[C@@H]21)C(N)=O. The first-order valence-electron chi connectivity index (χ1n) is 20.1. The largest absolute Gasteiger partial charge is 0.370 e. The number of carbonyl (C=O) groups excluding carboxylic acids is 9. The summed E-state index contributed by atoms with van der Waals surface area (Å²) >= 11 is 1.83. The molecule has 0 bridgehead atoms. The zero-order chi connectivity index (χ0) is 44.6. The molecular formula is C36H63N13O10S. The Bertz CT molecular complexity index is 1530. The summed E-state index contributed by atoms with van der Waals surface area (Å²) in [4.78, 5) is 115. The van der Waals surface area contributed by atoms with E-state index in [1.165, 1.54) is 5.48 Å². The quantitative estimate of drug-likeness (QED) is 0.00865. The number of rotatable bonds is 29. The van der Waals surface area contributed by atoms with Gasteiger partial charge in [0.1, 0.15) is 12.1 Å². The normalized spacial score (nSPS) is 18.0. The second kappa shape index (κ2) is 27.4. The van der Waals surface area contributed by atoms with Crippen LogP contribution in [0, 0.1) is 11.8 Å². The Labute approximate surface area is 353 Å². The van der Waals surface area contributed by atoms with Gasteiger partial charge in [0.25, 0.3) is 0 Å². The fourth-order valence-corrected chi connectivity index (χ4v) is 8.10. The lowest BCUT2D eigenvalue weighted by molar-refractivity contribution is -0.136. The number of primary amides is 1. The van der Waals surface area contributed by atoms with Gasteiger partial charge in [-0.3, -0.25) is 48.6 Å². The number of fused-ring (bicyclic) bond motifs is 1. The van der Waals surface area contributed by atoms with E-state index < -0.39 is 79.0 Å². The summed E-state index contributed by atoms with van der Waals surface area (Å²) in [6.45, 7) is 2.57. The van der Waals surface area contributed by atoms with Crippen molar-refractivity contribution in [2.75, 3.05) is 38.5 Å². The van der Waals surface area contributed by atoms with Crippen LogP contribution in [-0.2, 0) is 38.4 Å². The zero-order valence-electron chi connectivity index (χ0n) is 34.3. The highest BCUT2D eigenvalue weighted by Crippen LogP contribution is 2.33. The van der Waals surface area contributed by atoms with Crippen LogP contribution in [0.25, 0.3) is 0 Å². The van der Waals surface area contributed by atoms with Gasteiger partial charge in [-0.05, 0) is 57.3 Å². The van der Waals surface area contributed by atoms with Crippen LogP contribution in [0.3, 0.4) is 0 Å². The number of unbranched alkanes of at least 4 members (excludes halogenated alkanes) is 2. The molecule has 2 heterocycles. The maximum absolute atomic E-state index is 13.1. The monoisotopic (exact) mass is 869 g/mol. The number of nitrogens with one attached hydrogen (secondary N) is 9.